The standard InChI is InChI=1S/C32H35ClN2O3S2/c1-31-13-11-21(36)16-18(31)5-10-22-24(31)12-14-32(2)25(22)17-23(28(32)38)30-35(20-8-6-19(33)7-9-20)34-29(40-30)27(37)26-4-3-15-39-26/h3-4,6-9,15,18,21-22,24-25,36H,5,10-14,16-17H2,1-2H3/b30-23-/t18-,21-,22+,24-,25-,31-,32-/m0/s1. The van der Waals surface area contributed by atoms with Gasteiger partial charge >= 0.3 is 0 Å². The molecule has 0 spiro atoms. The van der Waals surface area contributed by atoms with Gasteiger partial charge in [-0.15, -0.1) is 11.3 Å². The molecule has 1 aromatic heterocycles. The van der Waals surface area contributed by atoms with Gasteiger partial charge in [0.2, 0.25) is 5.78 Å². The van der Waals surface area contributed by atoms with Crippen LogP contribution in [0.5, 0.6) is 0 Å². The first-order valence-electron chi connectivity index (χ1n) is 14.6. The topological polar surface area (TPSA) is 70.0 Å². The number of aliphatic hydroxyl groups is 1. The molecule has 1 N–H and O–H groups in total. The second kappa shape index (κ2) is 9.82. The van der Waals surface area contributed by atoms with Crippen molar-refractivity contribution in [2.45, 2.75) is 71.3 Å². The van der Waals surface area contributed by atoms with Crippen LogP contribution in [0.25, 0.3) is 0 Å². The van der Waals surface area contributed by atoms with Gasteiger partial charge in [-0.05, 0) is 128 Å². The molecule has 0 bridgehead atoms. The van der Waals surface area contributed by atoms with E-state index in [0.29, 0.717) is 38.6 Å². The molecule has 0 amide bonds. The Morgan fingerprint density at radius 2 is 1.88 bits per heavy atom. The van der Waals surface area contributed by atoms with Gasteiger partial charge in [0.25, 0.3) is 0 Å². The van der Waals surface area contributed by atoms with E-state index in [1.54, 1.807) is 5.01 Å². The van der Waals surface area contributed by atoms with Crippen molar-refractivity contribution in [3.8, 4) is 0 Å². The molecular weight excluding hydrogens is 560 g/mol. The Morgan fingerprint density at radius 1 is 1.07 bits per heavy atom. The Labute approximate surface area is 249 Å². The van der Waals surface area contributed by atoms with Gasteiger partial charge in [0.15, 0.2) is 10.8 Å². The molecule has 7 atom stereocenters. The smallest absolute Gasteiger partial charge is 0.230 e. The highest BCUT2D eigenvalue weighted by atomic mass is 35.5. The second-order valence-corrected chi connectivity index (χ2v) is 15.3. The Hall–Kier alpha value is -1.93. The molecule has 8 heteroatoms. The third-order valence-corrected chi connectivity index (χ3v) is 13.3. The molecule has 1 aromatic carbocycles. The lowest BCUT2D eigenvalue weighted by atomic mass is 9.45. The largest absolute Gasteiger partial charge is 0.393 e. The minimum Gasteiger partial charge on any atom is -0.393 e. The molecule has 0 radical (unpaired) electrons. The second-order valence-electron chi connectivity index (χ2n) is 13.0. The van der Waals surface area contributed by atoms with Crippen LogP contribution >= 0.6 is 34.7 Å². The molecule has 4 aliphatic carbocycles. The third-order valence-electron chi connectivity index (χ3n) is 11.1. The van der Waals surface area contributed by atoms with E-state index in [4.69, 9.17) is 16.7 Å². The predicted molar refractivity (Wildman–Crippen MR) is 163 cm³/mol. The van der Waals surface area contributed by atoms with Crippen LogP contribution in [-0.4, -0.2) is 27.8 Å². The molecule has 0 saturated heterocycles. The average Bonchev–Trinajstić information content (AvgIpc) is 3.68. The molecule has 1 aliphatic heterocycles. The first-order chi connectivity index (χ1) is 19.2. The molecule has 4 fully saturated rings. The van der Waals surface area contributed by atoms with Crippen molar-refractivity contribution in [1.82, 2.24) is 0 Å². The number of halogens is 1. The van der Waals surface area contributed by atoms with Gasteiger partial charge in [-0.2, -0.15) is 5.10 Å². The molecule has 210 valence electrons. The van der Waals surface area contributed by atoms with Gasteiger partial charge in [-0.1, -0.05) is 31.5 Å². The molecule has 5 nitrogen and oxygen atoms in total. The minimum atomic E-state index is -0.381. The highest BCUT2D eigenvalue weighted by Crippen LogP contribution is 2.66. The maximum atomic E-state index is 14.4. The average molecular weight is 595 g/mol. The zero-order valence-corrected chi connectivity index (χ0v) is 25.3. The number of ketones is 2. The molecule has 40 heavy (non-hydrogen) atoms. The zero-order chi connectivity index (χ0) is 27.8. The summed E-state index contributed by atoms with van der Waals surface area (Å²) >= 11 is 8.95. The van der Waals surface area contributed by atoms with Crippen LogP contribution in [0.4, 0.5) is 5.69 Å². The summed E-state index contributed by atoms with van der Waals surface area (Å²) in [5.74, 6) is 2.14. The minimum absolute atomic E-state index is 0.102. The lowest BCUT2D eigenvalue weighted by Gasteiger charge is -2.59. The normalized spacial score (nSPS) is 39.0. The van der Waals surface area contributed by atoms with E-state index in [1.807, 2.05) is 41.8 Å². The maximum absolute atomic E-state index is 14.4. The molecular formula is C32H35ClN2O3S2. The number of hydrogen-bond donors (Lipinski definition) is 1. The van der Waals surface area contributed by atoms with E-state index in [1.165, 1.54) is 23.1 Å². The lowest BCUT2D eigenvalue weighted by molar-refractivity contribution is -0.141. The molecule has 2 heterocycles. The van der Waals surface area contributed by atoms with Crippen molar-refractivity contribution < 1.29 is 14.7 Å². The van der Waals surface area contributed by atoms with Gasteiger partial charge in [0, 0.05) is 16.0 Å². The van der Waals surface area contributed by atoms with Crippen molar-refractivity contribution in [3.05, 3.63) is 62.3 Å². The highest BCUT2D eigenvalue weighted by Gasteiger charge is 2.62. The SMILES string of the molecule is C[C@]12CC[C@H](O)C[C@@H]1CC[C@@H]1[C@@H]2CC[C@]2(C)C(=O)/C(=C3\SC(C(=O)c4cccs4)=NN3c3ccc(Cl)cc3)C[C@@H]12. The third kappa shape index (κ3) is 4.10. The summed E-state index contributed by atoms with van der Waals surface area (Å²) in [5, 5.41) is 20.7. The number of thioether (sulfide) groups is 1. The number of carbonyl (C=O) groups is 2. The van der Waals surface area contributed by atoms with Crippen molar-refractivity contribution in [2.75, 3.05) is 5.01 Å². The molecule has 7 rings (SSSR count). The number of carbonyl (C=O) groups excluding carboxylic acids is 2. The maximum Gasteiger partial charge on any atom is 0.230 e. The number of aliphatic hydroxyl groups excluding tert-OH is 1. The fraction of sp³-hybridized carbons (Fsp3) is 0.531. The number of hydrazone groups is 1. The number of fused-ring (bicyclic) bond motifs is 5. The van der Waals surface area contributed by atoms with Gasteiger partial charge in [-0.3, -0.25) is 9.59 Å². The van der Waals surface area contributed by atoms with Crippen molar-refractivity contribution in [1.29, 1.82) is 0 Å². The Morgan fingerprint density at radius 3 is 2.62 bits per heavy atom. The van der Waals surface area contributed by atoms with E-state index in [0.717, 1.165) is 67.7 Å². The first kappa shape index (κ1) is 26.9. The summed E-state index contributed by atoms with van der Waals surface area (Å²) in [6.45, 7) is 4.68. The van der Waals surface area contributed by atoms with Gasteiger partial charge in [0.05, 0.1) is 16.7 Å². The summed E-state index contributed by atoms with van der Waals surface area (Å²) in [6.07, 6.45) is 7.79. The van der Waals surface area contributed by atoms with Gasteiger partial charge < -0.3 is 5.11 Å². The van der Waals surface area contributed by atoms with Crippen LogP contribution in [-0.2, 0) is 4.79 Å². The fourth-order valence-corrected chi connectivity index (χ4v) is 10.8. The fourth-order valence-electron chi connectivity index (χ4n) is 8.90. The van der Waals surface area contributed by atoms with Gasteiger partial charge in [0.1, 0.15) is 5.03 Å². The van der Waals surface area contributed by atoms with Crippen molar-refractivity contribution >= 4 is 57.0 Å². The van der Waals surface area contributed by atoms with E-state index in [2.05, 4.69) is 13.8 Å². The zero-order valence-electron chi connectivity index (χ0n) is 22.9. The van der Waals surface area contributed by atoms with E-state index in [-0.39, 0.29) is 28.5 Å². The van der Waals surface area contributed by atoms with Crippen molar-refractivity contribution in [3.63, 3.8) is 0 Å². The highest BCUT2D eigenvalue weighted by molar-refractivity contribution is 8.19. The molecule has 2 aromatic rings. The van der Waals surface area contributed by atoms with Crippen LogP contribution in [0.15, 0.2) is 57.5 Å². The van der Waals surface area contributed by atoms with E-state index < -0.39 is 0 Å². The van der Waals surface area contributed by atoms with Crippen LogP contribution in [0.2, 0.25) is 5.02 Å². The molecule has 0 unspecified atom stereocenters. The number of hydrogen-bond acceptors (Lipinski definition) is 7. The molecule has 5 aliphatic rings. The number of Topliss-reactive ketones (excluding diaryl/α,β-unsaturated/α-hetero) is 2. The van der Waals surface area contributed by atoms with Crippen LogP contribution in [0.1, 0.15) is 74.9 Å². The predicted octanol–water partition coefficient (Wildman–Crippen LogP) is 7.95. The lowest BCUT2D eigenvalue weighted by Crippen LogP contribution is -2.54. The van der Waals surface area contributed by atoms with Gasteiger partial charge in [-0.25, -0.2) is 5.01 Å². The number of anilines is 1. The van der Waals surface area contributed by atoms with E-state index in [9.17, 15) is 14.7 Å². The molecule has 4 saturated carbocycles. The number of benzene rings is 1. The Kier molecular flexibility index (Phi) is 6.62. The number of thiophene rings is 1. The number of allylic oxidation sites excluding steroid dienone is 1. The first-order valence-corrected chi connectivity index (χ1v) is 16.6. The number of nitrogens with zero attached hydrogens (tertiary/aromatic N) is 2. The summed E-state index contributed by atoms with van der Waals surface area (Å²) < 4.78 is 0. The van der Waals surface area contributed by atoms with Crippen LogP contribution < -0.4 is 5.01 Å². The summed E-state index contributed by atoms with van der Waals surface area (Å²) in [7, 11) is 0. The number of rotatable bonds is 3. The summed E-state index contributed by atoms with van der Waals surface area (Å²) in [4.78, 5) is 28.4. The summed E-state index contributed by atoms with van der Waals surface area (Å²) in [5.41, 5.74) is 1.50. The van der Waals surface area contributed by atoms with Crippen LogP contribution in [0.3, 0.4) is 0 Å². The monoisotopic (exact) mass is 594 g/mol. The van der Waals surface area contributed by atoms with E-state index >= 15 is 0 Å². The van der Waals surface area contributed by atoms with Crippen LogP contribution in [0, 0.1) is 34.5 Å². The summed E-state index contributed by atoms with van der Waals surface area (Å²) in [6, 6.07) is 11.1. The van der Waals surface area contributed by atoms with Crippen molar-refractivity contribution in [2.24, 2.45) is 39.6 Å². The quantitative estimate of drug-likeness (QED) is 0.288. The Bertz CT molecular complexity index is 1420. The Balaban J connectivity index is 1.25.